The van der Waals surface area contributed by atoms with Crippen molar-refractivity contribution in [1.29, 1.82) is 0 Å². The summed E-state index contributed by atoms with van der Waals surface area (Å²) in [6, 6.07) is 7.65. The zero-order valence-corrected chi connectivity index (χ0v) is 20.1. The fourth-order valence-electron chi connectivity index (χ4n) is 4.48. The van der Waals surface area contributed by atoms with Crippen LogP contribution in [0.3, 0.4) is 0 Å². The van der Waals surface area contributed by atoms with Crippen molar-refractivity contribution in [2.75, 3.05) is 24.5 Å². The highest BCUT2D eigenvalue weighted by molar-refractivity contribution is 6.30. The number of nitrogens with two attached hydrogens (primary N) is 1. The SMILES string of the molecule is NC(=O)NCCC(NC(=O)C1(NC(=O)O)CCN(c2ncnc3[nH]ccc23)CC1)c1ccc(Cl)cc1. The Morgan fingerprint density at radius 2 is 1.89 bits per heavy atom. The van der Waals surface area contributed by atoms with Crippen molar-refractivity contribution in [3.63, 3.8) is 0 Å². The summed E-state index contributed by atoms with van der Waals surface area (Å²) < 4.78 is 0. The predicted octanol–water partition coefficient (Wildman–Crippen LogP) is 2.13. The summed E-state index contributed by atoms with van der Waals surface area (Å²) in [7, 11) is 0. The molecule has 0 saturated carbocycles. The Labute approximate surface area is 211 Å². The Balaban J connectivity index is 1.53. The number of halogens is 1. The second kappa shape index (κ2) is 10.7. The van der Waals surface area contributed by atoms with Crippen molar-refractivity contribution in [2.45, 2.75) is 30.8 Å². The number of aromatic amines is 1. The Morgan fingerprint density at radius 1 is 1.17 bits per heavy atom. The molecule has 1 atom stereocenters. The van der Waals surface area contributed by atoms with Crippen LogP contribution >= 0.6 is 11.6 Å². The highest BCUT2D eigenvalue weighted by atomic mass is 35.5. The van der Waals surface area contributed by atoms with E-state index in [0.717, 1.165) is 16.8 Å². The van der Waals surface area contributed by atoms with Gasteiger partial charge in [0.15, 0.2) is 0 Å². The number of carboxylic acid groups (broad SMARTS) is 1. The van der Waals surface area contributed by atoms with E-state index in [1.54, 1.807) is 30.5 Å². The Morgan fingerprint density at radius 3 is 2.56 bits per heavy atom. The zero-order chi connectivity index (χ0) is 25.7. The quantitative estimate of drug-likeness (QED) is 0.266. The third kappa shape index (κ3) is 5.60. The van der Waals surface area contributed by atoms with Gasteiger partial charge in [-0.25, -0.2) is 19.6 Å². The smallest absolute Gasteiger partial charge is 0.405 e. The van der Waals surface area contributed by atoms with E-state index in [0.29, 0.717) is 30.2 Å². The molecule has 190 valence electrons. The van der Waals surface area contributed by atoms with Crippen molar-refractivity contribution in [3.05, 3.63) is 53.4 Å². The molecule has 7 N–H and O–H groups in total. The van der Waals surface area contributed by atoms with Crippen LogP contribution in [-0.2, 0) is 4.79 Å². The minimum Gasteiger partial charge on any atom is -0.465 e. The van der Waals surface area contributed by atoms with E-state index < -0.39 is 29.6 Å². The molecule has 1 aromatic carbocycles. The summed E-state index contributed by atoms with van der Waals surface area (Å²) in [4.78, 5) is 50.1. The van der Waals surface area contributed by atoms with Gasteiger partial charge in [-0.2, -0.15) is 0 Å². The molecular formula is C23H27ClN8O4. The maximum atomic E-state index is 13.6. The minimum atomic E-state index is -1.34. The molecule has 12 nitrogen and oxygen atoms in total. The molecule has 1 unspecified atom stereocenters. The summed E-state index contributed by atoms with van der Waals surface area (Å²) in [5.41, 5.74) is 5.30. The summed E-state index contributed by atoms with van der Waals surface area (Å²) in [5.74, 6) is 0.278. The number of fused-ring (bicyclic) bond motifs is 1. The highest BCUT2D eigenvalue weighted by Gasteiger charge is 2.44. The molecule has 1 saturated heterocycles. The van der Waals surface area contributed by atoms with Crippen molar-refractivity contribution in [3.8, 4) is 0 Å². The molecular weight excluding hydrogens is 488 g/mol. The van der Waals surface area contributed by atoms with Crippen molar-refractivity contribution in [2.24, 2.45) is 5.73 Å². The number of urea groups is 1. The number of rotatable bonds is 8. The third-order valence-electron chi connectivity index (χ3n) is 6.34. The van der Waals surface area contributed by atoms with Gasteiger partial charge in [-0.3, -0.25) is 4.79 Å². The van der Waals surface area contributed by atoms with Crippen LogP contribution in [0.4, 0.5) is 15.4 Å². The molecule has 0 aliphatic carbocycles. The number of aromatic nitrogens is 3. The van der Waals surface area contributed by atoms with Gasteiger partial charge in [0, 0.05) is 30.9 Å². The van der Waals surface area contributed by atoms with Gasteiger partial charge in [-0.1, -0.05) is 23.7 Å². The van der Waals surface area contributed by atoms with E-state index in [-0.39, 0.29) is 19.4 Å². The van der Waals surface area contributed by atoms with Gasteiger partial charge in [0.2, 0.25) is 5.91 Å². The first-order valence-electron chi connectivity index (χ1n) is 11.4. The molecule has 13 heteroatoms. The second-order valence-corrected chi connectivity index (χ2v) is 9.03. The van der Waals surface area contributed by atoms with Gasteiger partial charge in [-0.15, -0.1) is 0 Å². The van der Waals surface area contributed by atoms with Crippen LogP contribution in [0.15, 0.2) is 42.9 Å². The van der Waals surface area contributed by atoms with Gasteiger partial charge in [0.1, 0.15) is 23.3 Å². The zero-order valence-electron chi connectivity index (χ0n) is 19.3. The molecule has 36 heavy (non-hydrogen) atoms. The lowest BCUT2D eigenvalue weighted by molar-refractivity contribution is -0.129. The number of carbonyl (C=O) groups is 3. The molecule has 2 aromatic heterocycles. The summed E-state index contributed by atoms with van der Waals surface area (Å²) >= 11 is 6.01. The lowest BCUT2D eigenvalue weighted by Crippen LogP contribution is -2.63. The largest absolute Gasteiger partial charge is 0.465 e. The maximum absolute atomic E-state index is 13.6. The molecule has 1 fully saturated rings. The lowest BCUT2D eigenvalue weighted by atomic mass is 9.85. The summed E-state index contributed by atoms with van der Waals surface area (Å²) in [6.07, 6.45) is 2.77. The van der Waals surface area contributed by atoms with Crippen molar-refractivity contribution < 1.29 is 19.5 Å². The number of nitrogens with one attached hydrogen (secondary N) is 4. The lowest BCUT2D eigenvalue weighted by Gasteiger charge is -2.41. The number of amides is 4. The second-order valence-electron chi connectivity index (χ2n) is 8.59. The predicted molar refractivity (Wildman–Crippen MR) is 134 cm³/mol. The molecule has 0 spiro atoms. The molecule has 4 rings (SSSR count). The number of piperidine rings is 1. The Kier molecular flexibility index (Phi) is 7.44. The molecule has 1 aliphatic heterocycles. The minimum absolute atomic E-state index is 0.219. The summed E-state index contributed by atoms with van der Waals surface area (Å²) in [6.45, 7) is 1.02. The monoisotopic (exact) mass is 514 g/mol. The molecule has 3 heterocycles. The molecule has 3 aromatic rings. The fourth-order valence-corrected chi connectivity index (χ4v) is 4.60. The first-order valence-corrected chi connectivity index (χ1v) is 11.8. The number of anilines is 1. The van der Waals surface area contributed by atoms with Crippen LogP contribution < -0.4 is 26.6 Å². The van der Waals surface area contributed by atoms with Gasteiger partial charge in [0.05, 0.1) is 11.4 Å². The third-order valence-corrected chi connectivity index (χ3v) is 6.59. The number of hydrogen-bond acceptors (Lipinski definition) is 6. The Hall–Kier alpha value is -4.06. The topological polar surface area (TPSA) is 178 Å². The first-order chi connectivity index (χ1) is 17.3. The van der Waals surface area contributed by atoms with E-state index in [1.165, 1.54) is 6.33 Å². The molecule has 0 bridgehead atoms. The van der Waals surface area contributed by atoms with Crippen LogP contribution in [0.25, 0.3) is 11.0 Å². The van der Waals surface area contributed by atoms with Gasteiger partial charge in [-0.05, 0) is 43.0 Å². The van der Waals surface area contributed by atoms with Crippen molar-refractivity contribution in [1.82, 2.24) is 30.9 Å². The van der Waals surface area contributed by atoms with Gasteiger partial charge < -0.3 is 36.7 Å². The van der Waals surface area contributed by atoms with Gasteiger partial charge in [0.25, 0.3) is 0 Å². The van der Waals surface area contributed by atoms with Crippen molar-refractivity contribution >= 4 is 46.5 Å². The Bertz CT molecular complexity index is 1240. The van der Waals surface area contributed by atoms with Crippen LogP contribution in [0.5, 0.6) is 0 Å². The number of primary amides is 1. The average molecular weight is 515 g/mol. The number of carbonyl (C=O) groups excluding carboxylic acids is 2. The number of nitrogens with zero attached hydrogens (tertiary/aromatic N) is 3. The number of hydrogen-bond donors (Lipinski definition) is 6. The molecule has 1 aliphatic rings. The standard InChI is InChI=1S/C23H27ClN8O4/c24-15-3-1-14(2-4-15)17(6-10-27-21(25)34)30-20(33)23(31-22(35)36)7-11-32(12-8-23)19-16-5-9-26-18(16)28-13-29-19/h1-5,9,13,17,31H,6-8,10-12H2,(H,30,33)(H,35,36)(H3,25,27,34)(H,26,28,29). The average Bonchev–Trinajstić information content (AvgIpc) is 3.33. The van der Waals surface area contributed by atoms with Crippen LogP contribution in [0, 0.1) is 0 Å². The van der Waals surface area contributed by atoms with E-state index >= 15 is 0 Å². The van der Waals surface area contributed by atoms with E-state index in [2.05, 4.69) is 30.9 Å². The molecule has 4 amide bonds. The van der Waals surface area contributed by atoms with Crippen LogP contribution in [-0.4, -0.2) is 63.3 Å². The maximum Gasteiger partial charge on any atom is 0.405 e. The molecule has 0 radical (unpaired) electrons. The van der Waals surface area contributed by atoms with Crippen LogP contribution in [0.2, 0.25) is 5.02 Å². The number of benzene rings is 1. The van der Waals surface area contributed by atoms with Crippen LogP contribution in [0.1, 0.15) is 30.9 Å². The fraction of sp³-hybridized carbons (Fsp3) is 0.348. The van der Waals surface area contributed by atoms with E-state index in [4.69, 9.17) is 17.3 Å². The van der Waals surface area contributed by atoms with E-state index in [1.807, 2.05) is 11.0 Å². The normalized spacial score (nSPS) is 15.8. The number of H-pyrrole nitrogens is 1. The highest BCUT2D eigenvalue weighted by Crippen LogP contribution is 2.30. The first kappa shape index (κ1) is 25.0. The summed E-state index contributed by atoms with van der Waals surface area (Å²) in [5, 5.41) is 18.9. The van der Waals surface area contributed by atoms with Gasteiger partial charge >= 0.3 is 12.1 Å². The van der Waals surface area contributed by atoms with E-state index in [9.17, 15) is 19.5 Å².